The molecule has 2 aromatic carbocycles. The van der Waals surface area contributed by atoms with Crippen LogP contribution < -0.4 is 9.64 Å². The van der Waals surface area contributed by atoms with Gasteiger partial charge < -0.3 is 14.7 Å². The van der Waals surface area contributed by atoms with E-state index < -0.39 is 6.10 Å². The van der Waals surface area contributed by atoms with Crippen molar-refractivity contribution >= 4 is 65.3 Å². The standard InChI is InChI=1S/C20H23Cl3N2O2.2ClH/c1-14-2-3-16(22)11-19(14)25-8-6-24(7-9-25)12-17(26)13-27-20-5-4-15(21)10-18(20)23;;/h2-5,10-11,17,26H,6-9,12-13H2,1H3;2*1H. The van der Waals surface area contributed by atoms with Gasteiger partial charge in [-0.2, -0.15) is 0 Å². The Labute approximate surface area is 199 Å². The fourth-order valence-corrected chi connectivity index (χ4v) is 3.85. The van der Waals surface area contributed by atoms with E-state index >= 15 is 0 Å². The van der Waals surface area contributed by atoms with E-state index in [1.807, 2.05) is 18.2 Å². The zero-order chi connectivity index (χ0) is 19.4. The van der Waals surface area contributed by atoms with Crippen LogP contribution in [-0.4, -0.2) is 55.4 Å². The zero-order valence-corrected chi connectivity index (χ0v) is 19.9. The molecule has 2 aromatic rings. The molecule has 9 heteroatoms. The Balaban J connectivity index is 0.00000210. The van der Waals surface area contributed by atoms with Crippen LogP contribution in [0.25, 0.3) is 0 Å². The molecule has 0 aromatic heterocycles. The third-order valence-corrected chi connectivity index (χ3v) is 5.44. The largest absolute Gasteiger partial charge is 0.489 e. The van der Waals surface area contributed by atoms with Gasteiger partial charge in [0.15, 0.2) is 0 Å². The first kappa shape index (κ1) is 26.4. The molecule has 4 nitrogen and oxygen atoms in total. The molecule has 0 aliphatic carbocycles. The Morgan fingerprint density at radius 1 is 0.966 bits per heavy atom. The summed E-state index contributed by atoms with van der Waals surface area (Å²) in [6.07, 6.45) is -0.587. The Kier molecular flexibility index (Phi) is 11.2. The monoisotopic (exact) mass is 500 g/mol. The second-order valence-electron chi connectivity index (χ2n) is 6.76. The molecule has 1 heterocycles. The van der Waals surface area contributed by atoms with Crippen LogP contribution in [0, 0.1) is 6.92 Å². The highest BCUT2D eigenvalue weighted by Crippen LogP contribution is 2.28. The van der Waals surface area contributed by atoms with Gasteiger partial charge in [-0.25, -0.2) is 0 Å². The first-order valence-electron chi connectivity index (χ1n) is 8.92. The highest BCUT2D eigenvalue weighted by molar-refractivity contribution is 6.35. The number of piperazine rings is 1. The van der Waals surface area contributed by atoms with Crippen molar-refractivity contribution in [2.24, 2.45) is 0 Å². The van der Waals surface area contributed by atoms with E-state index in [1.54, 1.807) is 18.2 Å². The van der Waals surface area contributed by atoms with Gasteiger partial charge in [-0.1, -0.05) is 40.9 Å². The van der Waals surface area contributed by atoms with Crippen molar-refractivity contribution in [2.75, 3.05) is 44.2 Å². The van der Waals surface area contributed by atoms with Crippen molar-refractivity contribution in [3.05, 3.63) is 57.0 Å². The number of halogens is 5. The van der Waals surface area contributed by atoms with Crippen molar-refractivity contribution in [2.45, 2.75) is 13.0 Å². The molecule has 162 valence electrons. The van der Waals surface area contributed by atoms with E-state index in [2.05, 4.69) is 16.7 Å². The third-order valence-electron chi connectivity index (χ3n) is 4.68. The minimum Gasteiger partial charge on any atom is -0.489 e. The second-order valence-corrected chi connectivity index (χ2v) is 8.04. The highest BCUT2D eigenvalue weighted by atomic mass is 35.5. The molecule has 1 fully saturated rings. The predicted molar refractivity (Wildman–Crippen MR) is 127 cm³/mol. The summed E-state index contributed by atoms with van der Waals surface area (Å²) in [4.78, 5) is 4.59. The molecule has 0 saturated carbocycles. The fourth-order valence-electron chi connectivity index (χ4n) is 3.22. The number of benzene rings is 2. The van der Waals surface area contributed by atoms with Gasteiger partial charge in [0.1, 0.15) is 18.5 Å². The summed E-state index contributed by atoms with van der Waals surface area (Å²) in [7, 11) is 0. The van der Waals surface area contributed by atoms with E-state index in [9.17, 15) is 5.11 Å². The van der Waals surface area contributed by atoms with E-state index in [0.29, 0.717) is 22.3 Å². The van der Waals surface area contributed by atoms with Crippen LogP contribution in [0.1, 0.15) is 5.56 Å². The predicted octanol–water partition coefficient (Wildman–Crippen LogP) is 5.36. The van der Waals surface area contributed by atoms with Gasteiger partial charge in [-0.3, -0.25) is 4.90 Å². The molecular formula is C20H25Cl5N2O2. The molecule has 0 bridgehead atoms. The van der Waals surface area contributed by atoms with Gasteiger partial charge in [0, 0.05) is 48.5 Å². The van der Waals surface area contributed by atoms with Crippen LogP contribution >= 0.6 is 59.6 Å². The average molecular weight is 503 g/mol. The molecule has 0 radical (unpaired) electrons. The molecule has 1 aliphatic rings. The normalized spacial score (nSPS) is 15.3. The number of aryl methyl sites for hydroxylation is 1. The van der Waals surface area contributed by atoms with Crippen molar-refractivity contribution < 1.29 is 9.84 Å². The number of aliphatic hydroxyl groups excluding tert-OH is 1. The summed E-state index contributed by atoms with van der Waals surface area (Å²) in [5.74, 6) is 0.529. The van der Waals surface area contributed by atoms with Gasteiger partial charge in [-0.05, 0) is 42.8 Å². The van der Waals surface area contributed by atoms with Crippen LogP contribution in [0.2, 0.25) is 15.1 Å². The van der Waals surface area contributed by atoms with E-state index in [-0.39, 0.29) is 31.4 Å². The van der Waals surface area contributed by atoms with Crippen molar-refractivity contribution in [1.82, 2.24) is 4.90 Å². The summed E-state index contributed by atoms with van der Waals surface area (Å²) in [5.41, 5.74) is 2.41. The topological polar surface area (TPSA) is 35.9 Å². The van der Waals surface area contributed by atoms with Gasteiger partial charge >= 0.3 is 0 Å². The summed E-state index contributed by atoms with van der Waals surface area (Å²) < 4.78 is 5.62. The summed E-state index contributed by atoms with van der Waals surface area (Å²) in [6, 6.07) is 11.0. The van der Waals surface area contributed by atoms with Crippen molar-refractivity contribution in [3.8, 4) is 5.75 Å². The fraction of sp³-hybridized carbons (Fsp3) is 0.400. The molecule has 1 atom stereocenters. The number of rotatable bonds is 6. The number of hydrogen-bond acceptors (Lipinski definition) is 4. The zero-order valence-electron chi connectivity index (χ0n) is 16.0. The first-order chi connectivity index (χ1) is 12.9. The van der Waals surface area contributed by atoms with Gasteiger partial charge in [-0.15, -0.1) is 24.8 Å². The molecule has 29 heavy (non-hydrogen) atoms. The molecule has 3 rings (SSSR count). The van der Waals surface area contributed by atoms with Gasteiger partial charge in [0.05, 0.1) is 5.02 Å². The van der Waals surface area contributed by atoms with Crippen molar-refractivity contribution in [3.63, 3.8) is 0 Å². The second kappa shape index (κ2) is 12.3. The van der Waals surface area contributed by atoms with E-state index in [4.69, 9.17) is 39.5 Å². The maximum Gasteiger partial charge on any atom is 0.138 e. The Morgan fingerprint density at radius 2 is 1.59 bits per heavy atom. The molecule has 0 amide bonds. The van der Waals surface area contributed by atoms with Crippen LogP contribution in [0.4, 0.5) is 5.69 Å². The molecule has 1 aliphatic heterocycles. The number of hydrogen-bond donors (Lipinski definition) is 1. The number of nitrogens with zero attached hydrogens (tertiary/aromatic N) is 2. The Morgan fingerprint density at radius 3 is 2.24 bits per heavy atom. The first-order valence-corrected chi connectivity index (χ1v) is 10.0. The van der Waals surface area contributed by atoms with Crippen LogP contribution in [0.3, 0.4) is 0 Å². The lowest BCUT2D eigenvalue weighted by Gasteiger charge is -2.37. The lowest BCUT2D eigenvalue weighted by molar-refractivity contribution is 0.0663. The summed E-state index contributed by atoms with van der Waals surface area (Å²) >= 11 is 18.1. The van der Waals surface area contributed by atoms with Crippen molar-refractivity contribution in [1.29, 1.82) is 0 Å². The van der Waals surface area contributed by atoms with Crippen LogP contribution in [0.5, 0.6) is 5.75 Å². The number of β-amino-alcohol motifs (C(OH)–C–C–N with tert-alkyl or cyclic N) is 1. The molecule has 1 N–H and O–H groups in total. The SMILES string of the molecule is Cc1ccc(Cl)cc1N1CCN(CC(O)COc2ccc(Cl)cc2Cl)CC1.Cl.Cl. The molecule has 1 saturated heterocycles. The van der Waals surface area contributed by atoms with E-state index in [0.717, 1.165) is 31.2 Å². The van der Waals surface area contributed by atoms with Gasteiger partial charge in [0.25, 0.3) is 0 Å². The smallest absolute Gasteiger partial charge is 0.138 e. The van der Waals surface area contributed by atoms with Crippen LogP contribution in [-0.2, 0) is 0 Å². The average Bonchev–Trinajstić information content (AvgIpc) is 2.64. The summed E-state index contributed by atoms with van der Waals surface area (Å²) in [5, 5.41) is 12.1. The minimum atomic E-state index is -0.587. The lowest BCUT2D eigenvalue weighted by atomic mass is 10.1. The van der Waals surface area contributed by atoms with Crippen LogP contribution in [0.15, 0.2) is 36.4 Å². The molecule has 1 unspecified atom stereocenters. The minimum absolute atomic E-state index is 0. The number of aliphatic hydroxyl groups is 1. The highest BCUT2D eigenvalue weighted by Gasteiger charge is 2.21. The molecule has 0 spiro atoms. The maximum atomic E-state index is 10.3. The number of anilines is 1. The summed E-state index contributed by atoms with van der Waals surface area (Å²) in [6.45, 7) is 6.41. The van der Waals surface area contributed by atoms with E-state index in [1.165, 1.54) is 11.3 Å². The van der Waals surface area contributed by atoms with Gasteiger partial charge in [0.2, 0.25) is 0 Å². The Hall–Kier alpha value is -0.590. The maximum absolute atomic E-state index is 10.3. The lowest BCUT2D eigenvalue weighted by Crippen LogP contribution is -2.49. The molecular weight excluding hydrogens is 477 g/mol. The Bertz CT molecular complexity index is 785. The number of ether oxygens (including phenoxy) is 1. The third kappa shape index (κ3) is 7.55. The quantitative estimate of drug-likeness (QED) is 0.577.